The molecule has 0 spiro atoms. The van der Waals surface area contributed by atoms with E-state index in [0.717, 1.165) is 27.1 Å². The minimum Gasteiger partial charge on any atom is -0.347 e. The van der Waals surface area contributed by atoms with E-state index < -0.39 is 4.92 Å². The third-order valence-electron chi connectivity index (χ3n) is 3.85. The van der Waals surface area contributed by atoms with Crippen molar-refractivity contribution in [1.82, 2.24) is 10.3 Å². The third-order valence-corrected chi connectivity index (χ3v) is 7.26. The molecule has 140 valence electrons. The molecule has 0 aliphatic heterocycles. The first-order valence-electron chi connectivity index (χ1n) is 8.24. The summed E-state index contributed by atoms with van der Waals surface area (Å²) < 4.78 is 2.18. The lowest BCUT2D eigenvalue weighted by molar-refractivity contribution is -0.387. The van der Waals surface area contributed by atoms with Crippen molar-refractivity contribution >= 4 is 56.2 Å². The van der Waals surface area contributed by atoms with E-state index >= 15 is 0 Å². The number of rotatable bonds is 6. The van der Waals surface area contributed by atoms with Crippen LogP contribution in [0, 0.1) is 10.1 Å². The van der Waals surface area contributed by atoms with E-state index in [1.54, 1.807) is 0 Å². The Morgan fingerprint density at radius 1 is 1.11 bits per heavy atom. The highest BCUT2D eigenvalue weighted by Gasteiger charge is 2.24. The standard InChI is InChI=1S/C19H13N3O3S3/c23-17(20-11-12-6-2-1-3-7-12)16-10-14(22(24)25)18(26-16)28-19-21-13-8-4-5-9-15(13)27-19/h1-10H,11H2,(H,20,23). The van der Waals surface area contributed by atoms with Gasteiger partial charge >= 0.3 is 0 Å². The van der Waals surface area contributed by atoms with Gasteiger partial charge in [-0.05, 0) is 29.5 Å². The fraction of sp³-hybridized carbons (Fsp3) is 0.0526. The molecule has 2 aromatic heterocycles. The van der Waals surface area contributed by atoms with Crippen LogP contribution in [0.2, 0.25) is 0 Å². The summed E-state index contributed by atoms with van der Waals surface area (Å²) in [6.45, 7) is 0.367. The summed E-state index contributed by atoms with van der Waals surface area (Å²) in [6.07, 6.45) is 0. The summed E-state index contributed by atoms with van der Waals surface area (Å²) in [5, 5.41) is 14.3. The quantitative estimate of drug-likeness (QED) is 0.331. The molecule has 0 fully saturated rings. The maximum atomic E-state index is 12.5. The van der Waals surface area contributed by atoms with Crippen LogP contribution in [0.1, 0.15) is 15.2 Å². The first-order chi connectivity index (χ1) is 13.6. The molecule has 28 heavy (non-hydrogen) atoms. The number of benzene rings is 2. The largest absolute Gasteiger partial charge is 0.347 e. The van der Waals surface area contributed by atoms with Crippen molar-refractivity contribution in [1.29, 1.82) is 0 Å². The van der Waals surface area contributed by atoms with Gasteiger partial charge in [0.2, 0.25) is 0 Å². The van der Waals surface area contributed by atoms with Crippen LogP contribution in [-0.4, -0.2) is 15.8 Å². The van der Waals surface area contributed by atoms with Crippen LogP contribution in [0.15, 0.2) is 69.2 Å². The number of hydrogen-bond donors (Lipinski definition) is 1. The number of hydrogen-bond acceptors (Lipinski definition) is 7. The predicted molar refractivity (Wildman–Crippen MR) is 112 cm³/mol. The number of para-hydroxylation sites is 1. The first-order valence-corrected chi connectivity index (χ1v) is 10.7. The Bertz CT molecular complexity index is 1120. The number of carbonyl (C=O) groups is 1. The lowest BCUT2D eigenvalue weighted by Crippen LogP contribution is -2.21. The predicted octanol–water partition coefficient (Wildman–Crippen LogP) is 5.35. The summed E-state index contributed by atoms with van der Waals surface area (Å²) in [6, 6.07) is 18.5. The zero-order valence-electron chi connectivity index (χ0n) is 14.3. The summed E-state index contributed by atoms with van der Waals surface area (Å²) in [5.74, 6) is -0.326. The highest BCUT2D eigenvalue weighted by Crippen LogP contribution is 2.43. The van der Waals surface area contributed by atoms with Gasteiger partial charge in [-0.15, -0.1) is 22.7 Å². The van der Waals surface area contributed by atoms with E-state index in [0.29, 0.717) is 20.0 Å². The molecule has 2 aromatic carbocycles. The van der Waals surface area contributed by atoms with Crippen molar-refractivity contribution in [2.24, 2.45) is 0 Å². The third kappa shape index (κ3) is 4.06. The van der Waals surface area contributed by atoms with Crippen LogP contribution >= 0.6 is 34.4 Å². The molecule has 0 bridgehead atoms. The van der Waals surface area contributed by atoms with E-state index in [9.17, 15) is 14.9 Å². The van der Waals surface area contributed by atoms with Crippen molar-refractivity contribution in [2.45, 2.75) is 15.1 Å². The maximum Gasteiger partial charge on any atom is 0.294 e. The second kappa shape index (κ2) is 8.09. The maximum absolute atomic E-state index is 12.5. The average Bonchev–Trinajstić information content (AvgIpc) is 3.31. The van der Waals surface area contributed by atoms with Crippen molar-refractivity contribution < 1.29 is 9.72 Å². The number of nitro groups is 1. The molecule has 4 rings (SSSR count). The van der Waals surface area contributed by atoms with E-state index in [4.69, 9.17) is 0 Å². The smallest absolute Gasteiger partial charge is 0.294 e. The van der Waals surface area contributed by atoms with E-state index in [1.807, 2.05) is 54.6 Å². The van der Waals surface area contributed by atoms with Gasteiger partial charge in [0.05, 0.1) is 15.1 Å². The molecular weight excluding hydrogens is 414 g/mol. The van der Waals surface area contributed by atoms with Crippen molar-refractivity contribution in [3.8, 4) is 0 Å². The first kappa shape index (κ1) is 18.6. The lowest BCUT2D eigenvalue weighted by atomic mass is 10.2. The molecule has 0 unspecified atom stereocenters. The van der Waals surface area contributed by atoms with Gasteiger partial charge in [-0.1, -0.05) is 42.5 Å². The Morgan fingerprint density at radius 2 is 1.86 bits per heavy atom. The number of carbonyl (C=O) groups excluding carboxylic acids is 1. The number of nitrogens with zero attached hydrogens (tertiary/aromatic N) is 2. The summed E-state index contributed by atoms with van der Waals surface area (Å²) in [7, 11) is 0. The SMILES string of the molecule is O=C(NCc1ccccc1)c1cc([N+](=O)[O-])c(Sc2nc3ccccc3s2)s1. The molecule has 0 atom stereocenters. The number of fused-ring (bicyclic) bond motifs is 1. The summed E-state index contributed by atoms with van der Waals surface area (Å²) >= 11 is 3.81. The van der Waals surface area contributed by atoms with Crippen molar-refractivity contribution in [3.05, 3.63) is 81.2 Å². The van der Waals surface area contributed by atoms with Gasteiger partial charge in [-0.3, -0.25) is 14.9 Å². The van der Waals surface area contributed by atoms with Gasteiger partial charge in [0, 0.05) is 12.6 Å². The number of thiazole rings is 1. The molecule has 0 radical (unpaired) electrons. The van der Waals surface area contributed by atoms with Gasteiger partial charge in [-0.25, -0.2) is 4.98 Å². The monoisotopic (exact) mass is 427 g/mol. The lowest BCUT2D eigenvalue weighted by Gasteiger charge is -2.02. The topological polar surface area (TPSA) is 85.1 Å². The number of thiophene rings is 1. The molecule has 2 heterocycles. The van der Waals surface area contributed by atoms with Crippen LogP contribution in [0.5, 0.6) is 0 Å². The van der Waals surface area contributed by atoms with Crippen LogP contribution in [0.3, 0.4) is 0 Å². The second-order valence-corrected chi connectivity index (χ2v) is 9.36. The molecule has 9 heteroatoms. The fourth-order valence-electron chi connectivity index (χ4n) is 2.52. The normalized spacial score (nSPS) is 10.9. The second-order valence-electron chi connectivity index (χ2n) is 5.76. The fourth-order valence-corrected chi connectivity index (χ4v) is 6.04. The van der Waals surface area contributed by atoms with Crippen LogP contribution in [0.25, 0.3) is 10.2 Å². The Morgan fingerprint density at radius 3 is 2.61 bits per heavy atom. The van der Waals surface area contributed by atoms with Gasteiger partial charge in [0.25, 0.3) is 11.6 Å². The van der Waals surface area contributed by atoms with E-state index in [-0.39, 0.29) is 11.6 Å². The van der Waals surface area contributed by atoms with Gasteiger partial charge in [0.15, 0.2) is 4.34 Å². The molecular formula is C19H13N3O3S3. The van der Waals surface area contributed by atoms with Crippen molar-refractivity contribution in [2.75, 3.05) is 0 Å². The van der Waals surface area contributed by atoms with Crippen LogP contribution in [0.4, 0.5) is 5.69 Å². The Hall–Kier alpha value is -2.75. The van der Waals surface area contributed by atoms with Crippen molar-refractivity contribution in [3.63, 3.8) is 0 Å². The Kier molecular flexibility index (Phi) is 5.38. The highest BCUT2D eigenvalue weighted by molar-refractivity contribution is 8.03. The minimum absolute atomic E-state index is 0.0703. The molecule has 0 saturated carbocycles. The van der Waals surface area contributed by atoms with Gasteiger partial charge < -0.3 is 5.32 Å². The zero-order valence-corrected chi connectivity index (χ0v) is 16.8. The Labute approximate surface area is 172 Å². The summed E-state index contributed by atoms with van der Waals surface area (Å²) in [4.78, 5) is 28.3. The molecule has 0 aliphatic carbocycles. The molecule has 1 N–H and O–H groups in total. The van der Waals surface area contributed by atoms with Gasteiger partial charge in [-0.2, -0.15) is 0 Å². The van der Waals surface area contributed by atoms with E-state index in [2.05, 4.69) is 10.3 Å². The number of aromatic nitrogens is 1. The molecule has 0 aliphatic rings. The molecule has 6 nitrogen and oxygen atoms in total. The minimum atomic E-state index is -0.458. The average molecular weight is 428 g/mol. The zero-order chi connectivity index (χ0) is 19.5. The number of nitrogens with one attached hydrogen (secondary N) is 1. The molecule has 4 aromatic rings. The van der Waals surface area contributed by atoms with Gasteiger partial charge in [0.1, 0.15) is 9.09 Å². The Balaban J connectivity index is 1.55. The van der Waals surface area contributed by atoms with Crippen LogP contribution in [-0.2, 0) is 6.54 Å². The number of amides is 1. The molecule has 0 saturated heterocycles. The molecule has 1 amide bonds. The van der Waals surface area contributed by atoms with Crippen LogP contribution < -0.4 is 5.32 Å². The van der Waals surface area contributed by atoms with E-state index in [1.165, 1.54) is 29.2 Å². The highest BCUT2D eigenvalue weighted by atomic mass is 32.2. The summed E-state index contributed by atoms with van der Waals surface area (Å²) in [5.41, 5.74) is 1.75.